The van der Waals surface area contributed by atoms with Crippen molar-refractivity contribution in [1.29, 1.82) is 0 Å². The molecule has 0 aliphatic carbocycles. The summed E-state index contributed by atoms with van der Waals surface area (Å²) in [6.45, 7) is 5.90. The first-order valence-corrected chi connectivity index (χ1v) is 3.66. The van der Waals surface area contributed by atoms with E-state index in [1.807, 2.05) is 12.1 Å². The molecule has 1 unspecified atom stereocenters. The zero-order chi connectivity index (χ0) is 8.27. The third-order valence-electron chi connectivity index (χ3n) is 1.73. The number of methoxy groups -OCH3 is 1. The van der Waals surface area contributed by atoms with Crippen molar-refractivity contribution in [3.8, 4) is 0 Å². The highest BCUT2D eigenvalue weighted by Crippen LogP contribution is 2.14. The second kappa shape index (κ2) is 3.54. The fourth-order valence-corrected chi connectivity index (χ4v) is 0.917. The van der Waals surface area contributed by atoms with Crippen LogP contribution in [0.15, 0.2) is 24.3 Å². The summed E-state index contributed by atoms with van der Waals surface area (Å²) in [7, 11) is 1.66. The summed E-state index contributed by atoms with van der Waals surface area (Å²) in [6.07, 6.45) is -0.0457. The molecule has 0 saturated heterocycles. The van der Waals surface area contributed by atoms with Gasteiger partial charge in [-0.05, 0) is 19.4 Å². The van der Waals surface area contributed by atoms with Crippen molar-refractivity contribution < 1.29 is 4.74 Å². The number of aryl methyl sites for hydroxylation is 1. The van der Waals surface area contributed by atoms with Crippen molar-refractivity contribution in [2.24, 2.45) is 0 Å². The Balaban J connectivity index is 2.81. The molecule has 0 heterocycles. The van der Waals surface area contributed by atoms with Crippen molar-refractivity contribution in [2.75, 3.05) is 7.11 Å². The molecule has 0 aliphatic heterocycles. The van der Waals surface area contributed by atoms with Crippen LogP contribution in [0.1, 0.15) is 17.2 Å². The van der Waals surface area contributed by atoms with Crippen LogP contribution in [-0.4, -0.2) is 7.11 Å². The monoisotopic (exact) mass is 149 g/mol. The Labute approximate surface area is 68.0 Å². The van der Waals surface area contributed by atoms with Crippen molar-refractivity contribution in [3.05, 3.63) is 42.3 Å². The van der Waals surface area contributed by atoms with Gasteiger partial charge in [0.1, 0.15) is 0 Å². The molecule has 59 valence electrons. The predicted octanol–water partition coefficient (Wildman–Crippen LogP) is 2.52. The van der Waals surface area contributed by atoms with Gasteiger partial charge >= 0.3 is 0 Å². The minimum atomic E-state index is -0.0457. The van der Waals surface area contributed by atoms with Gasteiger partial charge < -0.3 is 4.74 Å². The molecule has 0 aromatic heterocycles. The standard InChI is InChI=1S/C10H13O/c1-8-4-6-10(7-5-8)9(2)11-3/h4-7,9H,2H2,1,3H3. The van der Waals surface area contributed by atoms with E-state index >= 15 is 0 Å². The third kappa shape index (κ3) is 2.05. The predicted molar refractivity (Wildman–Crippen MR) is 46.3 cm³/mol. The van der Waals surface area contributed by atoms with Gasteiger partial charge in [-0.25, -0.2) is 0 Å². The van der Waals surface area contributed by atoms with Gasteiger partial charge in [0.2, 0.25) is 0 Å². The molecule has 1 heteroatoms. The van der Waals surface area contributed by atoms with Gasteiger partial charge in [0.25, 0.3) is 0 Å². The summed E-state index contributed by atoms with van der Waals surface area (Å²) >= 11 is 0. The SMILES string of the molecule is [CH2]C(OC)c1ccc(C)cc1. The van der Waals surface area contributed by atoms with E-state index < -0.39 is 0 Å². The molecule has 1 radical (unpaired) electrons. The molecule has 0 N–H and O–H groups in total. The highest BCUT2D eigenvalue weighted by molar-refractivity contribution is 5.23. The summed E-state index contributed by atoms with van der Waals surface area (Å²) in [4.78, 5) is 0. The lowest BCUT2D eigenvalue weighted by Gasteiger charge is -2.08. The van der Waals surface area contributed by atoms with E-state index in [4.69, 9.17) is 4.74 Å². The van der Waals surface area contributed by atoms with E-state index in [9.17, 15) is 0 Å². The molecular weight excluding hydrogens is 136 g/mol. The van der Waals surface area contributed by atoms with Crippen LogP contribution in [0.25, 0.3) is 0 Å². The van der Waals surface area contributed by atoms with Crippen LogP contribution in [-0.2, 0) is 4.74 Å². The molecule has 1 nitrogen and oxygen atoms in total. The second-order valence-electron chi connectivity index (χ2n) is 2.64. The van der Waals surface area contributed by atoms with Crippen LogP contribution in [0.3, 0.4) is 0 Å². The normalized spacial score (nSPS) is 13.0. The van der Waals surface area contributed by atoms with Gasteiger partial charge in [-0.2, -0.15) is 0 Å². The van der Waals surface area contributed by atoms with E-state index in [1.54, 1.807) is 7.11 Å². The highest BCUT2D eigenvalue weighted by Gasteiger charge is 2.00. The van der Waals surface area contributed by atoms with Crippen molar-refractivity contribution in [2.45, 2.75) is 13.0 Å². The van der Waals surface area contributed by atoms with E-state index in [0.29, 0.717) is 0 Å². The molecule has 0 spiro atoms. The number of ether oxygens (including phenoxy) is 1. The van der Waals surface area contributed by atoms with Crippen LogP contribution in [0.5, 0.6) is 0 Å². The largest absolute Gasteiger partial charge is 0.377 e. The summed E-state index contributed by atoms with van der Waals surface area (Å²) in [5.74, 6) is 0. The molecule has 1 aromatic rings. The number of hydrogen-bond acceptors (Lipinski definition) is 1. The Morgan fingerprint density at radius 2 is 1.82 bits per heavy atom. The molecule has 0 fully saturated rings. The number of hydrogen-bond donors (Lipinski definition) is 0. The van der Waals surface area contributed by atoms with Gasteiger partial charge in [-0.15, -0.1) is 0 Å². The van der Waals surface area contributed by atoms with Crippen LogP contribution < -0.4 is 0 Å². The van der Waals surface area contributed by atoms with Crippen LogP contribution >= 0.6 is 0 Å². The molecule has 11 heavy (non-hydrogen) atoms. The average molecular weight is 149 g/mol. The minimum Gasteiger partial charge on any atom is -0.377 e. The Kier molecular flexibility index (Phi) is 2.66. The smallest absolute Gasteiger partial charge is 0.0822 e. The van der Waals surface area contributed by atoms with E-state index in [2.05, 4.69) is 26.0 Å². The Morgan fingerprint density at radius 3 is 2.27 bits per heavy atom. The lowest BCUT2D eigenvalue weighted by atomic mass is 10.1. The molecule has 0 aliphatic rings. The first-order valence-electron chi connectivity index (χ1n) is 3.66. The first-order chi connectivity index (χ1) is 5.24. The van der Waals surface area contributed by atoms with E-state index in [-0.39, 0.29) is 6.10 Å². The fourth-order valence-electron chi connectivity index (χ4n) is 0.917. The maximum atomic E-state index is 5.06. The quantitative estimate of drug-likeness (QED) is 0.627. The first kappa shape index (κ1) is 8.28. The fraction of sp³-hybridized carbons (Fsp3) is 0.300. The zero-order valence-corrected chi connectivity index (χ0v) is 7.00. The highest BCUT2D eigenvalue weighted by atomic mass is 16.5. The van der Waals surface area contributed by atoms with Crippen LogP contribution in [0, 0.1) is 13.8 Å². The molecule has 1 aromatic carbocycles. The summed E-state index contributed by atoms with van der Waals surface area (Å²) in [5.41, 5.74) is 2.38. The van der Waals surface area contributed by atoms with Crippen molar-refractivity contribution in [1.82, 2.24) is 0 Å². The van der Waals surface area contributed by atoms with Crippen molar-refractivity contribution in [3.63, 3.8) is 0 Å². The van der Waals surface area contributed by atoms with E-state index in [1.165, 1.54) is 5.56 Å². The third-order valence-corrected chi connectivity index (χ3v) is 1.73. The molecule has 0 amide bonds. The molecular formula is C10H13O. The number of rotatable bonds is 2. The number of benzene rings is 1. The van der Waals surface area contributed by atoms with Gasteiger partial charge in [-0.1, -0.05) is 29.8 Å². The Bertz CT molecular complexity index is 213. The summed E-state index contributed by atoms with van der Waals surface area (Å²) in [5, 5.41) is 0. The molecule has 0 bridgehead atoms. The average Bonchev–Trinajstić information content (AvgIpc) is 2.05. The van der Waals surface area contributed by atoms with Gasteiger partial charge in [-0.3, -0.25) is 0 Å². The Morgan fingerprint density at radius 1 is 1.27 bits per heavy atom. The minimum absolute atomic E-state index is 0.0457. The van der Waals surface area contributed by atoms with Gasteiger partial charge in [0.15, 0.2) is 0 Å². The maximum absolute atomic E-state index is 5.06. The van der Waals surface area contributed by atoms with Crippen molar-refractivity contribution >= 4 is 0 Å². The molecule has 1 atom stereocenters. The topological polar surface area (TPSA) is 9.23 Å². The molecule has 0 saturated carbocycles. The van der Waals surface area contributed by atoms with E-state index in [0.717, 1.165) is 5.56 Å². The van der Waals surface area contributed by atoms with Crippen LogP contribution in [0.2, 0.25) is 0 Å². The summed E-state index contributed by atoms with van der Waals surface area (Å²) < 4.78 is 5.06. The van der Waals surface area contributed by atoms with Crippen LogP contribution in [0.4, 0.5) is 0 Å². The lowest BCUT2D eigenvalue weighted by Crippen LogP contribution is -1.95. The molecule has 1 rings (SSSR count). The van der Waals surface area contributed by atoms with Gasteiger partial charge in [0.05, 0.1) is 6.10 Å². The second-order valence-corrected chi connectivity index (χ2v) is 2.64. The van der Waals surface area contributed by atoms with Gasteiger partial charge in [0, 0.05) is 7.11 Å². The maximum Gasteiger partial charge on any atom is 0.0822 e. The zero-order valence-electron chi connectivity index (χ0n) is 7.00. The summed E-state index contributed by atoms with van der Waals surface area (Å²) in [6, 6.07) is 8.20. The lowest BCUT2D eigenvalue weighted by molar-refractivity contribution is 0.140. The Hall–Kier alpha value is -0.820.